The maximum Gasteiger partial charge on any atom is 0.0788 e. The van der Waals surface area contributed by atoms with Gasteiger partial charge in [0.05, 0.1) is 11.2 Å². The van der Waals surface area contributed by atoms with Crippen molar-refractivity contribution in [3.63, 3.8) is 0 Å². The molecule has 0 saturated carbocycles. The molecule has 8 aromatic carbocycles. The Morgan fingerprint density at radius 1 is 0.283 bits per heavy atom. The summed E-state index contributed by atoms with van der Waals surface area (Å²) >= 11 is 0. The van der Waals surface area contributed by atoms with Gasteiger partial charge in [0.2, 0.25) is 0 Å². The van der Waals surface area contributed by atoms with Crippen LogP contribution in [0.15, 0.2) is 218 Å². The fraction of sp³-hybridized carbons (Fsp3) is 0. The van der Waals surface area contributed by atoms with E-state index >= 15 is 0 Å². The number of hydrogen-bond donors (Lipinski definition) is 0. The van der Waals surface area contributed by atoms with E-state index in [9.17, 15) is 0 Å². The number of aromatic nitrogens is 1. The van der Waals surface area contributed by atoms with E-state index in [1.54, 1.807) is 0 Å². The van der Waals surface area contributed by atoms with Gasteiger partial charge in [-0.2, -0.15) is 0 Å². The maximum absolute atomic E-state index is 5.26. The molecule has 9 aromatic rings. The summed E-state index contributed by atoms with van der Waals surface area (Å²) < 4.78 is 0. The predicted molar refractivity (Wildman–Crippen MR) is 224 cm³/mol. The first-order chi connectivity index (χ1) is 26.3. The van der Waals surface area contributed by atoms with E-state index < -0.39 is 0 Å². The molecule has 0 amide bonds. The van der Waals surface area contributed by atoms with Crippen LogP contribution in [0.5, 0.6) is 0 Å². The van der Waals surface area contributed by atoms with Crippen molar-refractivity contribution in [3.05, 3.63) is 218 Å². The Morgan fingerprint density at radius 3 is 1.08 bits per heavy atom. The maximum atomic E-state index is 5.26. The molecule has 53 heavy (non-hydrogen) atoms. The molecule has 1 aromatic heterocycles. The summed E-state index contributed by atoms with van der Waals surface area (Å²) in [4.78, 5) is 7.58. The minimum absolute atomic E-state index is 0.966. The van der Waals surface area contributed by atoms with E-state index in [0.717, 1.165) is 50.3 Å². The number of pyridine rings is 1. The molecule has 0 aliphatic rings. The summed E-state index contributed by atoms with van der Waals surface area (Å²) in [5.41, 5.74) is 15.7. The van der Waals surface area contributed by atoms with Crippen LogP contribution >= 0.6 is 0 Å². The Labute approximate surface area is 310 Å². The topological polar surface area (TPSA) is 16.1 Å². The summed E-state index contributed by atoms with van der Waals surface area (Å²) in [6.45, 7) is 0. The van der Waals surface area contributed by atoms with Crippen molar-refractivity contribution in [1.29, 1.82) is 0 Å². The molecule has 0 aliphatic carbocycles. The van der Waals surface area contributed by atoms with Crippen molar-refractivity contribution < 1.29 is 0 Å². The first-order valence-corrected chi connectivity index (χ1v) is 18.0. The minimum Gasteiger partial charge on any atom is -0.311 e. The number of rotatable bonds is 8. The van der Waals surface area contributed by atoms with Crippen LogP contribution in [0.2, 0.25) is 0 Å². The van der Waals surface area contributed by atoms with E-state index in [4.69, 9.17) is 4.98 Å². The lowest BCUT2D eigenvalue weighted by atomic mass is 9.95. The van der Waals surface area contributed by atoms with Gasteiger partial charge < -0.3 is 4.90 Å². The van der Waals surface area contributed by atoms with Crippen LogP contribution in [0.25, 0.3) is 66.7 Å². The summed E-state index contributed by atoms with van der Waals surface area (Å²) in [6.07, 6.45) is 0. The average molecular weight is 677 g/mol. The third-order valence-electron chi connectivity index (χ3n) is 9.89. The van der Waals surface area contributed by atoms with Crippen molar-refractivity contribution in [2.24, 2.45) is 0 Å². The highest BCUT2D eigenvalue weighted by Gasteiger charge is 2.16. The number of anilines is 3. The molecular formula is C51H36N2. The Morgan fingerprint density at radius 2 is 0.623 bits per heavy atom. The standard InChI is InChI=1S/C51H36N2/c1-4-12-37(13-5-1)40-20-22-43(23-21-40)49-36-45-18-10-11-19-50(45)52-51(49)44-28-34-48(35-29-44)53(46-30-24-41(25-31-46)38-14-6-2-7-15-38)47-32-26-42(27-33-47)39-16-8-3-9-17-39/h1-36H. The van der Waals surface area contributed by atoms with Crippen molar-refractivity contribution in [2.75, 3.05) is 4.90 Å². The Kier molecular flexibility index (Phi) is 8.61. The summed E-state index contributed by atoms with van der Waals surface area (Å²) in [6, 6.07) is 77.6. The highest BCUT2D eigenvalue weighted by molar-refractivity contribution is 5.92. The molecule has 250 valence electrons. The van der Waals surface area contributed by atoms with Crippen LogP contribution in [0.1, 0.15) is 0 Å². The van der Waals surface area contributed by atoms with Crippen molar-refractivity contribution in [3.8, 4) is 55.8 Å². The van der Waals surface area contributed by atoms with Crippen LogP contribution < -0.4 is 4.90 Å². The molecule has 2 nitrogen and oxygen atoms in total. The number of fused-ring (bicyclic) bond motifs is 1. The first-order valence-electron chi connectivity index (χ1n) is 18.0. The highest BCUT2D eigenvalue weighted by Crippen LogP contribution is 2.39. The minimum atomic E-state index is 0.966. The van der Waals surface area contributed by atoms with Gasteiger partial charge in [-0.25, -0.2) is 4.98 Å². The van der Waals surface area contributed by atoms with Gasteiger partial charge in [-0.15, -0.1) is 0 Å². The fourth-order valence-corrected chi connectivity index (χ4v) is 7.11. The van der Waals surface area contributed by atoms with Gasteiger partial charge in [-0.05, 0) is 87.5 Å². The molecule has 9 rings (SSSR count). The number of hydrogen-bond acceptors (Lipinski definition) is 2. The summed E-state index contributed by atoms with van der Waals surface area (Å²) in [5, 5.41) is 1.12. The van der Waals surface area contributed by atoms with Crippen LogP contribution in [-0.2, 0) is 0 Å². The second kappa shape index (κ2) is 14.3. The predicted octanol–water partition coefficient (Wildman–Crippen LogP) is 14.0. The molecule has 0 unspecified atom stereocenters. The Bertz CT molecular complexity index is 2510. The average Bonchev–Trinajstić information content (AvgIpc) is 3.25. The van der Waals surface area contributed by atoms with Gasteiger partial charge >= 0.3 is 0 Å². The number of para-hydroxylation sites is 1. The van der Waals surface area contributed by atoms with Gasteiger partial charge in [-0.1, -0.05) is 170 Å². The summed E-state index contributed by atoms with van der Waals surface area (Å²) in [7, 11) is 0. The zero-order chi connectivity index (χ0) is 35.4. The molecule has 0 fully saturated rings. The molecule has 0 spiro atoms. The third-order valence-corrected chi connectivity index (χ3v) is 9.89. The molecule has 0 radical (unpaired) electrons. The molecular weight excluding hydrogens is 641 g/mol. The molecule has 0 saturated heterocycles. The van der Waals surface area contributed by atoms with Gasteiger partial charge in [-0.3, -0.25) is 0 Å². The molecule has 0 aliphatic heterocycles. The zero-order valence-electron chi connectivity index (χ0n) is 29.2. The third kappa shape index (κ3) is 6.62. The zero-order valence-corrected chi connectivity index (χ0v) is 29.2. The number of benzene rings is 8. The molecule has 1 heterocycles. The van der Waals surface area contributed by atoms with Crippen LogP contribution in [-0.4, -0.2) is 4.98 Å². The molecule has 0 N–H and O–H groups in total. The highest BCUT2D eigenvalue weighted by atomic mass is 15.1. The van der Waals surface area contributed by atoms with E-state index in [1.807, 2.05) is 0 Å². The van der Waals surface area contributed by atoms with Crippen LogP contribution in [0, 0.1) is 0 Å². The van der Waals surface area contributed by atoms with Gasteiger partial charge in [0.15, 0.2) is 0 Å². The van der Waals surface area contributed by atoms with E-state index in [2.05, 4.69) is 223 Å². The first kappa shape index (κ1) is 31.9. The van der Waals surface area contributed by atoms with Crippen molar-refractivity contribution >= 4 is 28.0 Å². The largest absolute Gasteiger partial charge is 0.311 e. The number of nitrogens with zero attached hydrogens (tertiary/aromatic N) is 2. The van der Waals surface area contributed by atoms with Crippen LogP contribution in [0.4, 0.5) is 17.1 Å². The second-order valence-corrected chi connectivity index (χ2v) is 13.2. The lowest BCUT2D eigenvalue weighted by molar-refractivity contribution is 1.28. The SMILES string of the molecule is c1ccc(-c2ccc(-c3cc4ccccc4nc3-c3ccc(N(c4ccc(-c5ccccc5)cc4)c4ccc(-c5ccccc5)cc4)cc3)cc2)cc1. The normalized spacial score (nSPS) is 11.0. The smallest absolute Gasteiger partial charge is 0.0788 e. The molecule has 2 heteroatoms. The van der Waals surface area contributed by atoms with E-state index in [1.165, 1.54) is 33.4 Å². The van der Waals surface area contributed by atoms with E-state index in [0.29, 0.717) is 0 Å². The Hall–Kier alpha value is -7.03. The monoisotopic (exact) mass is 676 g/mol. The Balaban J connectivity index is 1.11. The van der Waals surface area contributed by atoms with Crippen molar-refractivity contribution in [2.45, 2.75) is 0 Å². The molecule has 0 bridgehead atoms. The quantitative estimate of drug-likeness (QED) is 0.159. The van der Waals surface area contributed by atoms with E-state index in [-0.39, 0.29) is 0 Å². The second-order valence-electron chi connectivity index (χ2n) is 13.2. The van der Waals surface area contributed by atoms with Gasteiger partial charge in [0, 0.05) is 33.6 Å². The van der Waals surface area contributed by atoms with Gasteiger partial charge in [0.25, 0.3) is 0 Å². The lowest BCUT2D eigenvalue weighted by Crippen LogP contribution is -2.09. The van der Waals surface area contributed by atoms with Crippen LogP contribution in [0.3, 0.4) is 0 Å². The van der Waals surface area contributed by atoms with Gasteiger partial charge in [0.1, 0.15) is 0 Å². The summed E-state index contributed by atoms with van der Waals surface area (Å²) in [5.74, 6) is 0. The van der Waals surface area contributed by atoms with Crippen molar-refractivity contribution in [1.82, 2.24) is 4.98 Å². The lowest BCUT2D eigenvalue weighted by Gasteiger charge is -2.26. The fourth-order valence-electron chi connectivity index (χ4n) is 7.11. The molecule has 0 atom stereocenters.